The maximum absolute atomic E-state index is 12.4. The molecule has 0 aromatic carbocycles. The lowest BCUT2D eigenvalue weighted by Crippen LogP contribution is -2.32. The zero-order chi connectivity index (χ0) is 21.1. The molecule has 0 radical (unpaired) electrons. The van der Waals surface area contributed by atoms with E-state index >= 15 is 0 Å². The van der Waals surface area contributed by atoms with E-state index in [1.54, 1.807) is 30.6 Å². The Morgan fingerprint density at radius 3 is 2.64 bits per heavy atom. The van der Waals surface area contributed by atoms with Crippen molar-refractivity contribution in [2.24, 2.45) is 5.41 Å². The van der Waals surface area contributed by atoms with Gasteiger partial charge in [-0.05, 0) is 37.6 Å². The van der Waals surface area contributed by atoms with Gasteiger partial charge in [0.15, 0.2) is 6.61 Å². The van der Waals surface area contributed by atoms with Gasteiger partial charge in [-0.3, -0.25) is 4.79 Å². The first-order chi connectivity index (χ1) is 12.9. The van der Waals surface area contributed by atoms with Crippen LogP contribution in [0.15, 0.2) is 42.4 Å². The van der Waals surface area contributed by atoms with Crippen molar-refractivity contribution >= 4 is 11.7 Å². The highest BCUT2D eigenvalue weighted by Gasteiger charge is 2.29. The molecule has 1 aromatic heterocycles. The molecule has 2 atom stereocenters. The molecule has 0 spiro atoms. The average Bonchev–Trinajstić information content (AvgIpc) is 2.59. The average molecular weight is 397 g/mol. The zero-order valence-electron chi connectivity index (χ0n) is 16.7. The highest BCUT2D eigenvalue weighted by atomic mass is 19.4. The number of hydrogen-bond acceptors (Lipinski definition) is 4. The van der Waals surface area contributed by atoms with Gasteiger partial charge in [0.2, 0.25) is 5.91 Å². The molecule has 154 valence electrons. The number of carbonyl (C=O) groups excluding carboxylic acids is 1. The van der Waals surface area contributed by atoms with E-state index in [2.05, 4.69) is 10.3 Å². The van der Waals surface area contributed by atoms with Crippen LogP contribution in [-0.4, -0.2) is 34.6 Å². The summed E-state index contributed by atoms with van der Waals surface area (Å²) >= 11 is 0. The van der Waals surface area contributed by atoms with Gasteiger partial charge in [-0.1, -0.05) is 26.8 Å². The van der Waals surface area contributed by atoms with Crippen molar-refractivity contribution < 1.29 is 22.7 Å². The monoisotopic (exact) mass is 397 g/mol. The minimum Gasteiger partial charge on any atom is -0.483 e. The smallest absolute Gasteiger partial charge is 0.422 e. The van der Waals surface area contributed by atoms with Gasteiger partial charge in [-0.2, -0.15) is 13.2 Å². The number of alkyl halides is 3. The molecule has 0 bridgehead atoms. The quantitative estimate of drug-likeness (QED) is 0.775. The van der Waals surface area contributed by atoms with Gasteiger partial charge in [0.05, 0.1) is 6.04 Å². The molecule has 0 fully saturated rings. The van der Waals surface area contributed by atoms with Crippen LogP contribution in [-0.2, 0) is 9.53 Å². The van der Waals surface area contributed by atoms with Crippen molar-refractivity contribution in [3.05, 3.63) is 48.0 Å². The Hall–Kier alpha value is -2.51. The van der Waals surface area contributed by atoms with Gasteiger partial charge in [0.1, 0.15) is 11.6 Å². The largest absolute Gasteiger partial charge is 0.483 e. The molecular weight excluding hydrogens is 371 g/mol. The van der Waals surface area contributed by atoms with Crippen molar-refractivity contribution in [1.29, 1.82) is 0 Å². The molecule has 1 N–H and O–H groups in total. The third kappa shape index (κ3) is 6.00. The molecule has 1 aliphatic heterocycles. The van der Waals surface area contributed by atoms with Crippen LogP contribution in [0.5, 0.6) is 0 Å². The standard InChI is InChI=1S/C20H26F3N3O2/c1-13-6-7-16(28-12-20(21,22)23)11-26(13)14(2)15-8-9-24-17(10-15)25-18(27)19(3,4)5/h6-11,13-14H,12H2,1-5H3,(H,24,25,27). The van der Waals surface area contributed by atoms with Crippen molar-refractivity contribution in [2.75, 3.05) is 11.9 Å². The number of anilines is 1. The molecule has 2 heterocycles. The highest BCUT2D eigenvalue weighted by Crippen LogP contribution is 2.29. The minimum atomic E-state index is -4.39. The fraction of sp³-hybridized carbons (Fsp3) is 0.500. The van der Waals surface area contributed by atoms with Gasteiger partial charge in [-0.25, -0.2) is 4.98 Å². The summed E-state index contributed by atoms with van der Waals surface area (Å²) in [5, 5.41) is 2.79. The first kappa shape index (κ1) is 21.8. The van der Waals surface area contributed by atoms with E-state index in [-0.39, 0.29) is 23.8 Å². The number of rotatable bonds is 5. The zero-order valence-corrected chi connectivity index (χ0v) is 16.7. The Morgan fingerprint density at radius 1 is 1.36 bits per heavy atom. The van der Waals surface area contributed by atoms with Gasteiger partial charge >= 0.3 is 6.18 Å². The normalized spacial score (nSPS) is 18.5. The van der Waals surface area contributed by atoms with Crippen molar-refractivity contribution in [3.8, 4) is 0 Å². The molecule has 1 aromatic rings. The fourth-order valence-electron chi connectivity index (χ4n) is 2.61. The van der Waals surface area contributed by atoms with E-state index in [1.807, 2.05) is 45.6 Å². The number of halogens is 3. The van der Waals surface area contributed by atoms with Crippen LogP contribution < -0.4 is 5.32 Å². The Labute approximate surface area is 163 Å². The minimum absolute atomic E-state index is 0.0333. The van der Waals surface area contributed by atoms with Crippen LogP contribution >= 0.6 is 0 Å². The Morgan fingerprint density at radius 2 is 2.04 bits per heavy atom. The van der Waals surface area contributed by atoms with Crippen LogP contribution in [0.2, 0.25) is 0 Å². The predicted octanol–water partition coefficient (Wildman–Crippen LogP) is 4.81. The van der Waals surface area contributed by atoms with Gasteiger partial charge in [0, 0.05) is 23.9 Å². The number of nitrogens with zero attached hydrogens (tertiary/aromatic N) is 2. The van der Waals surface area contributed by atoms with Gasteiger partial charge < -0.3 is 15.0 Å². The Balaban J connectivity index is 2.16. The predicted molar refractivity (Wildman–Crippen MR) is 101 cm³/mol. The molecule has 5 nitrogen and oxygen atoms in total. The fourth-order valence-corrected chi connectivity index (χ4v) is 2.61. The van der Waals surface area contributed by atoms with E-state index in [1.165, 1.54) is 0 Å². The van der Waals surface area contributed by atoms with Crippen LogP contribution in [0.1, 0.15) is 46.2 Å². The number of pyridine rings is 1. The third-order valence-electron chi connectivity index (χ3n) is 4.32. The maximum atomic E-state index is 12.4. The summed E-state index contributed by atoms with van der Waals surface area (Å²) in [6.45, 7) is 7.96. The van der Waals surface area contributed by atoms with E-state index in [9.17, 15) is 18.0 Å². The van der Waals surface area contributed by atoms with Crippen LogP contribution in [0.3, 0.4) is 0 Å². The Bertz CT molecular complexity index is 767. The number of nitrogens with one attached hydrogen (secondary N) is 1. The van der Waals surface area contributed by atoms with Crippen LogP contribution in [0.25, 0.3) is 0 Å². The second kappa shape index (κ2) is 8.24. The van der Waals surface area contributed by atoms with Gasteiger partial charge in [-0.15, -0.1) is 0 Å². The summed E-state index contributed by atoms with van der Waals surface area (Å²) in [6.07, 6.45) is 2.11. The summed E-state index contributed by atoms with van der Waals surface area (Å²) < 4.78 is 42.1. The van der Waals surface area contributed by atoms with Crippen molar-refractivity contribution in [2.45, 2.75) is 52.9 Å². The van der Waals surface area contributed by atoms with Crippen LogP contribution in [0, 0.1) is 5.41 Å². The molecule has 2 rings (SSSR count). The molecule has 1 aliphatic rings. The van der Waals surface area contributed by atoms with Crippen LogP contribution in [0.4, 0.5) is 19.0 Å². The molecule has 2 unspecified atom stereocenters. The molecule has 1 amide bonds. The second-order valence-corrected chi connectivity index (χ2v) is 7.84. The van der Waals surface area contributed by atoms with E-state index < -0.39 is 18.2 Å². The molecule has 0 saturated heterocycles. The van der Waals surface area contributed by atoms with E-state index in [4.69, 9.17) is 4.74 Å². The lowest BCUT2D eigenvalue weighted by Gasteiger charge is -2.35. The first-order valence-corrected chi connectivity index (χ1v) is 9.01. The lowest BCUT2D eigenvalue weighted by atomic mass is 9.96. The summed E-state index contributed by atoms with van der Waals surface area (Å²) in [7, 11) is 0. The lowest BCUT2D eigenvalue weighted by molar-refractivity contribution is -0.164. The Kier molecular flexibility index (Phi) is 6.41. The summed E-state index contributed by atoms with van der Waals surface area (Å²) in [5.74, 6) is 0.432. The molecular formula is C20H26F3N3O2. The topological polar surface area (TPSA) is 54.5 Å². The van der Waals surface area contributed by atoms with Crippen molar-refractivity contribution in [1.82, 2.24) is 9.88 Å². The van der Waals surface area contributed by atoms with Gasteiger partial charge in [0.25, 0.3) is 0 Å². The number of amides is 1. The second-order valence-electron chi connectivity index (χ2n) is 7.84. The molecule has 28 heavy (non-hydrogen) atoms. The molecule has 8 heteroatoms. The highest BCUT2D eigenvalue weighted by molar-refractivity contribution is 5.93. The summed E-state index contributed by atoms with van der Waals surface area (Å²) in [4.78, 5) is 18.3. The third-order valence-corrected chi connectivity index (χ3v) is 4.32. The number of aromatic nitrogens is 1. The maximum Gasteiger partial charge on any atom is 0.422 e. The summed E-state index contributed by atoms with van der Waals surface area (Å²) in [6, 6.07) is 3.38. The summed E-state index contributed by atoms with van der Waals surface area (Å²) in [5.41, 5.74) is 0.316. The number of allylic oxidation sites excluding steroid dienone is 1. The van der Waals surface area contributed by atoms with E-state index in [0.717, 1.165) is 5.56 Å². The number of ether oxygens (including phenoxy) is 1. The number of hydrogen-bond donors (Lipinski definition) is 1. The molecule has 0 saturated carbocycles. The SMILES string of the molecule is CC1C=CC(OCC(F)(F)F)=CN1C(C)c1ccnc(NC(=O)C(C)(C)C)c1. The number of carbonyl (C=O) groups is 1. The van der Waals surface area contributed by atoms with E-state index in [0.29, 0.717) is 5.82 Å². The molecule has 0 aliphatic carbocycles. The van der Waals surface area contributed by atoms with Crippen molar-refractivity contribution in [3.63, 3.8) is 0 Å². The first-order valence-electron chi connectivity index (χ1n) is 9.01.